The first-order valence-corrected chi connectivity index (χ1v) is 7.64. The Bertz CT molecular complexity index is 606. The lowest BCUT2D eigenvalue weighted by Gasteiger charge is -2.13. The highest BCUT2D eigenvalue weighted by Crippen LogP contribution is 2.08. The van der Waals surface area contributed by atoms with E-state index in [2.05, 4.69) is 60.8 Å². The SMILES string of the molecule is CCC(C)NC(=S)Nc1ccn(Cc2cccc(C)c2)n1. The molecule has 2 rings (SSSR count). The van der Waals surface area contributed by atoms with Gasteiger partial charge in [-0.2, -0.15) is 5.10 Å². The van der Waals surface area contributed by atoms with Crippen LogP contribution in [-0.2, 0) is 6.54 Å². The minimum atomic E-state index is 0.361. The fraction of sp³-hybridized carbons (Fsp3) is 0.375. The third kappa shape index (κ3) is 4.86. The molecule has 21 heavy (non-hydrogen) atoms. The molecule has 0 amide bonds. The zero-order valence-corrected chi connectivity index (χ0v) is 13.6. The number of hydrogen-bond donors (Lipinski definition) is 2. The van der Waals surface area contributed by atoms with Crippen LogP contribution in [0.5, 0.6) is 0 Å². The predicted octanol–water partition coefficient (Wildman–Crippen LogP) is 3.32. The highest BCUT2D eigenvalue weighted by molar-refractivity contribution is 7.80. The first-order chi connectivity index (χ1) is 10.1. The summed E-state index contributed by atoms with van der Waals surface area (Å²) in [6.45, 7) is 7.08. The van der Waals surface area contributed by atoms with Gasteiger partial charge < -0.3 is 10.6 Å². The molecule has 0 saturated carbocycles. The predicted molar refractivity (Wildman–Crippen MR) is 91.6 cm³/mol. The van der Waals surface area contributed by atoms with E-state index in [-0.39, 0.29) is 0 Å². The van der Waals surface area contributed by atoms with E-state index in [1.807, 2.05) is 16.9 Å². The van der Waals surface area contributed by atoms with Gasteiger partial charge in [0.1, 0.15) is 0 Å². The topological polar surface area (TPSA) is 41.9 Å². The molecule has 0 aliphatic rings. The fourth-order valence-electron chi connectivity index (χ4n) is 1.99. The van der Waals surface area contributed by atoms with Crippen molar-refractivity contribution in [3.05, 3.63) is 47.7 Å². The number of benzene rings is 1. The van der Waals surface area contributed by atoms with Gasteiger partial charge >= 0.3 is 0 Å². The Morgan fingerprint density at radius 2 is 2.19 bits per heavy atom. The van der Waals surface area contributed by atoms with Crippen molar-refractivity contribution in [1.82, 2.24) is 15.1 Å². The highest BCUT2D eigenvalue weighted by Gasteiger charge is 2.04. The summed E-state index contributed by atoms with van der Waals surface area (Å²) in [6.07, 6.45) is 2.99. The molecular weight excluding hydrogens is 280 g/mol. The van der Waals surface area contributed by atoms with Gasteiger partial charge in [0.25, 0.3) is 0 Å². The number of aryl methyl sites for hydroxylation is 1. The largest absolute Gasteiger partial charge is 0.360 e. The van der Waals surface area contributed by atoms with E-state index < -0.39 is 0 Å². The second kappa shape index (κ2) is 7.22. The summed E-state index contributed by atoms with van der Waals surface area (Å²) in [5.74, 6) is 0.767. The molecule has 5 heteroatoms. The molecule has 0 spiro atoms. The summed E-state index contributed by atoms with van der Waals surface area (Å²) in [5.41, 5.74) is 2.50. The van der Waals surface area contributed by atoms with Crippen LogP contribution in [0.25, 0.3) is 0 Å². The highest BCUT2D eigenvalue weighted by atomic mass is 32.1. The molecule has 112 valence electrons. The maximum atomic E-state index is 5.26. The van der Waals surface area contributed by atoms with Crippen LogP contribution >= 0.6 is 12.2 Å². The van der Waals surface area contributed by atoms with Crippen LogP contribution in [0.3, 0.4) is 0 Å². The quantitative estimate of drug-likeness (QED) is 0.831. The molecule has 1 atom stereocenters. The average molecular weight is 302 g/mol. The summed E-state index contributed by atoms with van der Waals surface area (Å²) >= 11 is 5.26. The Hall–Kier alpha value is -1.88. The monoisotopic (exact) mass is 302 g/mol. The minimum Gasteiger partial charge on any atom is -0.360 e. The first-order valence-electron chi connectivity index (χ1n) is 7.23. The second-order valence-corrected chi connectivity index (χ2v) is 5.70. The van der Waals surface area contributed by atoms with Gasteiger partial charge in [0.05, 0.1) is 6.54 Å². The van der Waals surface area contributed by atoms with E-state index in [1.165, 1.54) is 11.1 Å². The number of anilines is 1. The van der Waals surface area contributed by atoms with Crippen molar-refractivity contribution in [2.24, 2.45) is 0 Å². The first kappa shape index (κ1) is 15.5. The molecule has 2 aromatic rings. The van der Waals surface area contributed by atoms with Crippen molar-refractivity contribution >= 4 is 23.1 Å². The Morgan fingerprint density at radius 1 is 1.38 bits per heavy atom. The van der Waals surface area contributed by atoms with Gasteiger partial charge in [-0.3, -0.25) is 4.68 Å². The normalized spacial score (nSPS) is 12.0. The van der Waals surface area contributed by atoms with Crippen molar-refractivity contribution in [2.75, 3.05) is 5.32 Å². The van der Waals surface area contributed by atoms with Crippen molar-refractivity contribution in [3.63, 3.8) is 0 Å². The number of hydrogen-bond acceptors (Lipinski definition) is 2. The summed E-state index contributed by atoms with van der Waals surface area (Å²) in [6, 6.07) is 10.7. The number of aromatic nitrogens is 2. The summed E-state index contributed by atoms with van der Waals surface area (Å²) in [4.78, 5) is 0. The second-order valence-electron chi connectivity index (χ2n) is 5.30. The molecular formula is C16H22N4S. The van der Waals surface area contributed by atoms with Crippen molar-refractivity contribution in [2.45, 2.75) is 39.8 Å². The van der Waals surface area contributed by atoms with E-state index >= 15 is 0 Å². The third-order valence-corrected chi connectivity index (χ3v) is 3.52. The molecule has 1 aromatic heterocycles. The van der Waals surface area contributed by atoms with Crippen molar-refractivity contribution < 1.29 is 0 Å². The minimum absolute atomic E-state index is 0.361. The van der Waals surface area contributed by atoms with E-state index in [0.29, 0.717) is 11.2 Å². The number of rotatable bonds is 5. The van der Waals surface area contributed by atoms with Crippen LogP contribution in [0.4, 0.5) is 5.82 Å². The van der Waals surface area contributed by atoms with E-state index in [4.69, 9.17) is 12.2 Å². The lowest BCUT2D eigenvalue weighted by atomic mass is 10.1. The maximum absolute atomic E-state index is 5.26. The van der Waals surface area contributed by atoms with Gasteiger partial charge in [0, 0.05) is 18.3 Å². The Labute approximate surface area is 131 Å². The van der Waals surface area contributed by atoms with Gasteiger partial charge in [-0.25, -0.2) is 0 Å². The molecule has 1 aromatic carbocycles. The number of nitrogens with one attached hydrogen (secondary N) is 2. The molecule has 2 N–H and O–H groups in total. The van der Waals surface area contributed by atoms with Gasteiger partial charge in [0.15, 0.2) is 10.9 Å². The van der Waals surface area contributed by atoms with Crippen molar-refractivity contribution in [1.29, 1.82) is 0 Å². The maximum Gasteiger partial charge on any atom is 0.172 e. The van der Waals surface area contributed by atoms with Crippen LogP contribution in [0.1, 0.15) is 31.4 Å². The molecule has 1 unspecified atom stereocenters. The molecule has 0 saturated heterocycles. The molecule has 0 radical (unpaired) electrons. The molecule has 0 aliphatic heterocycles. The van der Waals surface area contributed by atoms with Gasteiger partial charge in [0.2, 0.25) is 0 Å². The fourth-order valence-corrected chi connectivity index (χ4v) is 2.30. The van der Waals surface area contributed by atoms with Crippen LogP contribution in [-0.4, -0.2) is 20.9 Å². The van der Waals surface area contributed by atoms with Gasteiger partial charge in [-0.15, -0.1) is 0 Å². The van der Waals surface area contributed by atoms with Crippen LogP contribution in [0.15, 0.2) is 36.5 Å². The molecule has 0 bridgehead atoms. The van der Waals surface area contributed by atoms with Crippen molar-refractivity contribution in [3.8, 4) is 0 Å². The van der Waals surface area contributed by atoms with E-state index in [1.54, 1.807) is 0 Å². The standard InChI is InChI=1S/C16H22N4S/c1-4-13(3)17-16(21)18-15-8-9-20(19-15)11-14-7-5-6-12(2)10-14/h5-10,13H,4,11H2,1-3H3,(H2,17,18,19,21). The Kier molecular flexibility index (Phi) is 5.33. The summed E-state index contributed by atoms with van der Waals surface area (Å²) in [5, 5.41) is 11.4. The van der Waals surface area contributed by atoms with E-state index in [9.17, 15) is 0 Å². The van der Waals surface area contributed by atoms with Gasteiger partial charge in [-0.05, 0) is 38.0 Å². The Morgan fingerprint density at radius 3 is 2.90 bits per heavy atom. The molecule has 0 fully saturated rings. The third-order valence-electron chi connectivity index (χ3n) is 3.30. The molecule has 4 nitrogen and oxygen atoms in total. The lowest BCUT2D eigenvalue weighted by Crippen LogP contribution is -2.35. The summed E-state index contributed by atoms with van der Waals surface area (Å²) in [7, 11) is 0. The average Bonchev–Trinajstić information content (AvgIpc) is 2.85. The number of thiocarbonyl (C=S) groups is 1. The van der Waals surface area contributed by atoms with Gasteiger partial charge in [-0.1, -0.05) is 36.8 Å². The lowest BCUT2D eigenvalue weighted by molar-refractivity contribution is 0.645. The zero-order chi connectivity index (χ0) is 15.2. The zero-order valence-electron chi connectivity index (χ0n) is 12.8. The molecule has 1 heterocycles. The van der Waals surface area contributed by atoms with Crippen LogP contribution in [0, 0.1) is 6.92 Å². The van der Waals surface area contributed by atoms with Crippen LogP contribution in [0.2, 0.25) is 0 Å². The Balaban J connectivity index is 1.94. The smallest absolute Gasteiger partial charge is 0.172 e. The molecule has 0 aliphatic carbocycles. The summed E-state index contributed by atoms with van der Waals surface area (Å²) < 4.78 is 1.91. The van der Waals surface area contributed by atoms with E-state index in [0.717, 1.165) is 18.8 Å². The van der Waals surface area contributed by atoms with Crippen LogP contribution < -0.4 is 10.6 Å². The number of nitrogens with zero attached hydrogens (tertiary/aromatic N) is 2.